The van der Waals surface area contributed by atoms with E-state index in [4.69, 9.17) is 15.0 Å². The molecule has 0 saturated carbocycles. The van der Waals surface area contributed by atoms with Crippen LogP contribution in [0.15, 0.2) is 170 Å². The van der Waals surface area contributed by atoms with Crippen LogP contribution in [-0.4, -0.2) is 15.0 Å². The number of benzene rings is 6. The quantitative estimate of drug-likeness (QED) is 0.158. The van der Waals surface area contributed by atoms with Crippen molar-refractivity contribution in [3.63, 3.8) is 0 Å². The molecule has 0 aliphatic heterocycles. The van der Waals surface area contributed by atoms with E-state index in [1.54, 1.807) is 0 Å². The topological polar surface area (TPSA) is 38.7 Å². The molecule has 0 fully saturated rings. The van der Waals surface area contributed by atoms with Crippen LogP contribution in [0.1, 0.15) is 0 Å². The zero-order valence-corrected chi connectivity index (χ0v) is 27.7. The molecular weight excluding hydrogens is 751 g/mol. The molecule has 6 aromatic carbocycles. The molecule has 0 aliphatic carbocycles. The van der Waals surface area contributed by atoms with Crippen LogP contribution in [0.5, 0.6) is 0 Å². The summed E-state index contributed by atoms with van der Waals surface area (Å²) in [5.41, 5.74) is 11.2. The van der Waals surface area contributed by atoms with Gasteiger partial charge in [-0.15, -0.1) is 29.8 Å². The normalized spacial score (nSPS) is 10.8. The van der Waals surface area contributed by atoms with Crippen molar-refractivity contribution in [2.45, 2.75) is 0 Å². The molecule has 0 atom stereocenters. The number of hydrogen-bond acceptors (Lipinski definition) is 3. The standard InChI is InChI=1S/C43H28N3.Ir/c1-3-10-30(11-4-1)32-18-22-34(23-19-32)41-28-42(35-24-20-33(21-25-35)31-12-5-2-6-13-31)46-43(45-41)38-17-9-16-37(26-38)40-27-36-14-7-8-15-39(36)29-44-40;/h1-15,17-29H;/q-1;. The smallest absolute Gasteiger partial charge is 0.142 e. The Morgan fingerprint density at radius 1 is 0.383 bits per heavy atom. The summed E-state index contributed by atoms with van der Waals surface area (Å²) < 4.78 is 0. The van der Waals surface area contributed by atoms with Crippen LogP contribution in [-0.2, 0) is 20.1 Å². The maximum Gasteiger partial charge on any atom is 0.142 e. The van der Waals surface area contributed by atoms with Crippen LogP contribution < -0.4 is 0 Å². The van der Waals surface area contributed by atoms with Crippen molar-refractivity contribution in [2.24, 2.45) is 0 Å². The summed E-state index contributed by atoms with van der Waals surface area (Å²) in [5, 5.41) is 2.25. The Kier molecular flexibility index (Phi) is 8.62. The van der Waals surface area contributed by atoms with Gasteiger partial charge < -0.3 is 4.98 Å². The zero-order chi connectivity index (χ0) is 30.7. The number of hydrogen-bond donors (Lipinski definition) is 0. The maximum atomic E-state index is 5.11. The molecule has 225 valence electrons. The van der Waals surface area contributed by atoms with Crippen molar-refractivity contribution in [3.8, 4) is 67.4 Å². The third-order valence-corrected chi connectivity index (χ3v) is 8.27. The maximum absolute atomic E-state index is 5.11. The fourth-order valence-corrected chi connectivity index (χ4v) is 5.78. The second kappa shape index (κ2) is 13.4. The molecule has 1 radical (unpaired) electrons. The van der Waals surface area contributed by atoms with Gasteiger partial charge in [0.1, 0.15) is 5.82 Å². The number of aromatic nitrogens is 3. The molecule has 0 aliphatic rings. The predicted molar refractivity (Wildman–Crippen MR) is 189 cm³/mol. The van der Waals surface area contributed by atoms with Crippen LogP contribution in [0.3, 0.4) is 0 Å². The van der Waals surface area contributed by atoms with Gasteiger partial charge in [-0.3, -0.25) is 0 Å². The van der Waals surface area contributed by atoms with E-state index in [1.807, 2.05) is 42.6 Å². The molecule has 8 rings (SSSR count). The van der Waals surface area contributed by atoms with Crippen molar-refractivity contribution in [1.82, 2.24) is 15.0 Å². The van der Waals surface area contributed by atoms with Crippen molar-refractivity contribution >= 4 is 10.8 Å². The minimum absolute atomic E-state index is 0. The second-order valence-electron chi connectivity index (χ2n) is 11.3. The average Bonchev–Trinajstić information content (AvgIpc) is 3.15. The van der Waals surface area contributed by atoms with Crippen LogP contribution in [0.4, 0.5) is 0 Å². The Bertz CT molecular complexity index is 2180. The van der Waals surface area contributed by atoms with E-state index in [9.17, 15) is 0 Å². The fraction of sp³-hybridized carbons (Fsp3) is 0. The molecule has 0 unspecified atom stereocenters. The Labute approximate surface area is 288 Å². The summed E-state index contributed by atoms with van der Waals surface area (Å²) in [6.07, 6.45) is 1.92. The summed E-state index contributed by atoms with van der Waals surface area (Å²) in [7, 11) is 0. The van der Waals surface area contributed by atoms with Crippen LogP contribution in [0.25, 0.3) is 78.2 Å². The van der Waals surface area contributed by atoms with Gasteiger partial charge in [-0.25, -0.2) is 9.97 Å². The predicted octanol–water partition coefficient (Wildman–Crippen LogP) is 10.8. The number of pyridine rings is 1. The van der Waals surface area contributed by atoms with Crippen molar-refractivity contribution < 1.29 is 20.1 Å². The number of nitrogens with zero attached hydrogens (tertiary/aromatic N) is 3. The molecule has 4 heteroatoms. The van der Waals surface area contributed by atoms with E-state index in [2.05, 4.69) is 133 Å². The summed E-state index contributed by atoms with van der Waals surface area (Å²) >= 11 is 0. The Morgan fingerprint density at radius 3 is 1.45 bits per heavy atom. The number of rotatable bonds is 6. The summed E-state index contributed by atoms with van der Waals surface area (Å²) in [5.74, 6) is 0.655. The molecule has 0 bridgehead atoms. The van der Waals surface area contributed by atoms with E-state index in [1.165, 1.54) is 22.3 Å². The van der Waals surface area contributed by atoms with Gasteiger partial charge in [-0.05, 0) is 44.8 Å². The zero-order valence-electron chi connectivity index (χ0n) is 25.3. The van der Waals surface area contributed by atoms with Crippen LogP contribution in [0, 0.1) is 6.07 Å². The van der Waals surface area contributed by atoms with Gasteiger partial charge in [-0.2, -0.15) is 0 Å². The molecule has 47 heavy (non-hydrogen) atoms. The fourth-order valence-electron chi connectivity index (χ4n) is 5.78. The first-order valence-corrected chi connectivity index (χ1v) is 15.3. The first kappa shape index (κ1) is 30.1. The minimum Gasteiger partial charge on any atom is -0.304 e. The van der Waals surface area contributed by atoms with Gasteiger partial charge in [-0.1, -0.05) is 145 Å². The molecular formula is C43H28IrN3-. The van der Waals surface area contributed by atoms with Crippen molar-refractivity contribution in [2.75, 3.05) is 0 Å². The molecule has 0 spiro atoms. The van der Waals surface area contributed by atoms with Crippen molar-refractivity contribution in [1.29, 1.82) is 0 Å². The third kappa shape index (κ3) is 6.43. The molecule has 0 amide bonds. The Balaban J connectivity index is 0.00000351. The molecule has 3 nitrogen and oxygen atoms in total. The Morgan fingerprint density at radius 2 is 0.872 bits per heavy atom. The number of fused-ring (bicyclic) bond motifs is 1. The van der Waals surface area contributed by atoms with E-state index < -0.39 is 0 Å². The van der Waals surface area contributed by atoms with E-state index >= 15 is 0 Å². The van der Waals surface area contributed by atoms with Crippen LogP contribution >= 0.6 is 0 Å². The van der Waals surface area contributed by atoms with Gasteiger partial charge in [0.05, 0.1) is 11.4 Å². The minimum atomic E-state index is 0. The molecule has 2 aromatic heterocycles. The largest absolute Gasteiger partial charge is 0.304 e. The Hall–Kier alpha value is -5.54. The molecule has 2 heterocycles. The SMILES string of the molecule is [Ir].[c-]1ccc(-c2nc(-c3ccc(-c4ccccc4)cc3)cc(-c3ccc(-c4ccccc4)cc3)n2)cc1-c1cc2ccccc2cn1. The van der Waals surface area contributed by atoms with Gasteiger partial charge in [0.15, 0.2) is 0 Å². The first-order valence-electron chi connectivity index (χ1n) is 15.3. The molecule has 0 N–H and O–H groups in total. The monoisotopic (exact) mass is 779 g/mol. The average molecular weight is 779 g/mol. The summed E-state index contributed by atoms with van der Waals surface area (Å²) in [4.78, 5) is 14.9. The summed E-state index contributed by atoms with van der Waals surface area (Å²) in [6, 6.07) is 59.9. The molecule has 0 saturated heterocycles. The first-order chi connectivity index (χ1) is 22.8. The second-order valence-corrected chi connectivity index (χ2v) is 11.3. The molecule has 8 aromatic rings. The van der Waals surface area contributed by atoms with E-state index in [-0.39, 0.29) is 20.1 Å². The van der Waals surface area contributed by atoms with Gasteiger partial charge in [0.2, 0.25) is 0 Å². The van der Waals surface area contributed by atoms with Crippen molar-refractivity contribution in [3.05, 3.63) is 176 Å². The van der Waals surface area contributed by atoms with Gasteiger partial charge in [0, 0.05) is 37.4 Å². The van der Waals surface area contributed by atoms with Gasteiger partial charge in [0.25, 0.3) is 0 Å². The van der Waals surface area contributed by atoms with Gasteiger partial charge >= 0.3 is 0 Å². The third-order valence-electron chi connectivity index (χ3n) is 8.27. The van der Waals surface area contributed by atoms with E-state index in [0.29, 0.717) is 5.82 Å². The van der Waals surface area contributed by atoms with Crippen LogP contribution in [0.2, 0.25) is 0 Å². The van der Waals surface area contributed by atoms with E-state index in [0.717, 1.165) is 50.1 Å². The summed E-state index contributed by atoms with van der Waals surface area (Å²) in [6.45, 7) is 0.